The lowest BCUT2D eigenvalue weighted by Gasteiger charge is -2.16. The van der Waals surface area contributed by atoms with E-state index in [0.29, 0.717) is 11.1 Å². The number of aromatic nitrogens is 1. The van der Waals surface area contributed by atoms with Crippen molar-refractivity contribution in [2.45, 2.75) is 24.9 Å². The molecule has 3 aromatic rings. The van der Waals surface area contributed by atoms with E-state index in [2.05, 4.69) is 15.6 Å². The van der Waals surface area contributed by atoms with Crippen molar-refractivity contribution in [3.63, 3.8) is 0 Å². The fraction of sp³-hybridized carbons (Fsp3) is 0.160. The van der Waals surface area contributed by atoms with Crippen LogP contribution in [-0.2, 0) is 22.4 Å². The summed E-state index contributed by atoms with van der Waals surface area (Å²) in [6.45, 7) is 0. The molecule has 0 aliphatic rings. The molecule has 11 heteroatoms. The maximum absolute atomic E-state index is 12.7. The SMILES string of the molecule is O=C(N[C@@H](Cc1ccc(O)cc1)C(=O)O)c1cccc(C(=O)N[C@@H](Cc2ccc(O)cc2)C(=O)O)n1. The van der Waals surface area contributed by atoms with Gasteiger partial charge in [-0.2, -0.15) is 0 Å². The highest BCUT2D eigenvalue weighted by Crippen LogP contribution is 2.13. The number of benzene rings is 2. The van der Waals surface area contributed by atoms with E-state index in [1.54, 1.807) is 0 Å². The topological polar surface area (TPSA) is 186 Å². The van der Waals surface area contributed by atoms with Crippen LogP contribution < -0.4 is 10.6 Å². The lowest BCUT2D eigenvalue weighted by atomic mass is 10.1. The summed E-state index contributed by atoms with van der Waals surface area (Å²) in [6, 6.07) is 13.0. The van der Waals surface area contributed by atoms with Crippen molar-refractivity contribution in [2.75, 3.05) is 0 Å². The summed E-state index contributed by atoms with van der Waals surface area (Å²) in [4.78, 5) is 52.6. The van der Waals surface area contributed by atoms with E-state index in [9.17, 15) is 39.6 Å². The molecule has 0 saturated heterocycles. The molecule has 186 valence electrons. The molecule has 0 aliphatic carbocycles. The van der Waals surface area contributed by atoms with Crippen LogP contribution in [0.5, 0.6) is 11.5 Å². The van der Waals surface area contributed by atoms with E-state index < -0.39 is 35.8 Å². The number of nitrogens with zero attached hydrogens (tertiary/aromatic N) is 1. The average molecular weight is 493 g/mol. The number of nitrogens with one attached hydrogen (secondary N) is 2. The molecule has 1 aromatic heterocycles. The number of hydrogen-bond acceptors (Lipinski definition) is 7. The van der Waals surface area contributed by atoms with Gasteiger partial charge in [0.25, 0.3) is 11.8 Å². The van der Waals surface area contributed by atoms with Crippen molar-refractivity contribution in [2.24, 2.45) is 0 Å². The first-order valence-electron chi connectivity index (χ1n) is 10.7. The van der Waals surface area contributed by atoms with Gasteiger partial charge >= 0.3 is 11.9 Å². The molecule has 2 aromatic carbocycles. The number of amides is 2. The number of phenolic OH excluding ortho intramolecular Hbond substituents is 2. The van der Waals surface area contributed by atoms with Crippen molar-refractivity contribution >= 4 is 23.8 Å². The van der Waals surface area contributed by atoms with Gasteiger partial charge in [0, 0.05) is 12.8 Å². The van der Waals surface area contributed by atoms with Crippen LogP contribution in [0.1, 0.15) is 32.1 Å². The Morgan fingerprint density at radius 1 is 0.639 bits per heavy atom. The highest BCUT2D eigenvalue weighted by atomic mass is 16.4. The molecule has 0 unspecified atom stereocenters. The maximum Gasteiger partial charge on any atom is 0.326 e. The number of rotatable bonds is 10. The molecule has 11 nitrogen and oxygen atoms in total. The third kappa shape index (κ3) is 7.03. The summed E-state index contributed by atoms with van der Waals surface area (Å²) < 4.78 is 0. The lowest BCUT2D eigenvalue weighted by Crippen LogP contribution is -2.43. The highest BCUT2D eigenvalue weighted by Gasteiger charge is 2.24. The van der Waals surface area contributed by atoms with Gasteiger partial charge in [-0.15, -0.1) is 0 Å². The Morgan fingerprint density at radius 2 is 1.00 bits per heavy atom. The molecule has 0 bridgehead atoms. The van der Waals surface area contributed by atoms with Gasteiger partial charge in [-0.3, -0.25) is 9.59 Å². The van der Waals surface area contributed by atoms with Crippen LogP contribution in [0.25, 0.3) is 0 Å². The predicted octanol–water partition coefficient (Wildman–Crippen LogP) is 1.34. The van der Waals surface area contributed by atoms with E-state index >= 15 is 0 Å². The molecule has 0 radical (unpaired) electrons. The molecule has 3 rings (SSSR count). The number of phenols is 2. The molecule has 0 spiro atoms. The monoisotopic (exact) mass is 493 g/mol. The second-order valence-corrected chi connectivity index (χ2v) is 7.88. The van der Waals surface area contributed by atoms with E-state index in [0.717, 1.165) is 0 Å². The lowest BCUT2D eigenvalue weighted by molar-refractivity contribution is -0.140. The van der Waals surface area contributed by atoms with Gasteiger partial charge in [-0.1, -0.05) is 30.3 Å². The van der Waals surface area contributed by atoms with Crippen molar-refractivity contribution in [1.82, 2.24) is 15.6 Å². The summed E-state index contributed by atoms with van der Waals surface area (Å²) in [5, 5.41) is 42.4. The Morgan fingerprint density at radius 3 is 1.33 bits per heavy atom. The number of aromatic hydroxyl groups is 2. The number of carbonyl (C=O) groups excluding carboxylic acids is 2. The second kappa shape index (κ2) is 11.5. The fourth-order valence-corrected chi connectivity index (χ4v) is 3.29. The first-order valence-corrected chi connectivity index (χ1v) is 10.7. The summed E-state index contributed by atoms with van der Waals surface area (Å²) in [5.41, 5.74) is 0.667. The third-order valence-corrected chi connectivity index (χ3v) is 5.17. The largest absolute Gasteiger partial charge is 0.508 e. The summed E-state index contributed by atoms with van der Waals surface area (Å²) in [6.07, 6.45) is -0.113. The average Bonchev–Trinajstić information content (AvgIpc) is 2.85. The quantitative estimate of drug-likeness (QED) is 0.242. The molecule has 1 heterocycles. The van der Waals surface area contributed by atoms with Gasteiger partial charge < -0.3 is 31.1 Å². The predicted molar refractivity (Wildman–Crippen MR) is 126 cm³/mol. The zero-order valence-corrected chi connectivity index (χ0v) is 18.8. The second-order valence-electron chi connectivity index (χ2n) is 7.88. The normalized spacial score (nSPS) is 12.2. The van der Waals surface area contributed by atoms with E-state index in [1.165, 1.54) is 66.7 Å². The molecule has 2 amide bonds. The van der Waals surface area contributed by atoms with Crippen molar-refractivity contribution in [3.05, 3.63) is 89.2 Å². The van der Waals surface area contributed by atoms with Gasteiger partial charge in [0.1, 0.15) is 35.0 Å². The Balaban J connectivity index is 1.69. The van der Waals surface area contributed by atoms with Gasteiger partial charge in [0.05, 0.1) is 0 Å². The minimum absolute atomic E-state index is 0.0159. The fourth-order valence-electron chi connectivity index (χ4n) is 3.29. The Labute approximate surface area is 205 Å². The number of carboxylic acids is 2. The van der Waals surface area contributed by atoms with Crippen molar-refractivity contribution < 1.29 is 39.6 Å². The number of carbonyl (C=O) groups is 4. The Hall–Kier alpha value is -4.93. The number of pyridine rings is 1. The van der Waals surface area contributed by atoms with E-state index in [4.69, 9.17) is 0 Å². The molecular weight excluding hydrogens is 470 g/mol. The number of aliphatic carboxylic acids is 2. The van der Waals surface area contributed by atoms with Crippen LogP contribution in [0, 0.1) is 0 Å². The van der Waals surface area contributed by atoms with Gasteiger partial charge in [-0.05, 0) is 47.5 Å². The van der Waals surface area contributed by atoms with Crippen LogP contribution in [0.4, 0.5) is 0 Å². The maximum atomic E-state index is 12.7. The Bertz CT molecular complexity index is 1160. The standard InChI is InChI=1S/C25H23N3O8/c29-16-8-4-14(5-9-16)12-20(24(33)34)27-22(31)18-2-1-3-19(26-18)23(32)28-21(25(35)36)13-15-6-10-17(30)11-7-15/h1-11,20-21,29-30H,12-13H2,(H,27,31)(H,28,32)(H,33,34)(H,35,36)/t20-,21-/m0/s1. The molecule has 0 fully saturated rings. The Kier molecular flexibility index (Phi) is 8.18. The van der Waals surface area contributed by atoms with Crippen molar-refractivity contribution in [3.8, 4) is 11.5 Å². The van der Waals surface area contributed by atoms with Crippen LogP contribution in [-0.4, -0.2) is 61.2 Å². The molecule has 2 atom stereocenters. The summed E-state index contributed by atoms with van der Waals surface area (Å²) in [7, 11) is 0. The molecular formula is C25H23N3O8. The van der Waals surface area contributed by atoms with E-state index in [1.807, 2.05) is 0 Å². The van der Waals surface area contributed by atoms with Crippen LogP contribution >= 0.6 is 0 Å². The van der Waals surface area contributed by atoms with E-state index in [-0.39, 0.29) is 35.7 Å². The molecule has 0 saturated carbocycles. The first-order chi connectivity index (χ1) is 17.1. The van der Waals surface area contributed by atoms with Crippen LogP contribution in [0.15, 0.2) is 66.7 Å². The first kappa shape index (κ1) is 25.7. The molecule has 36 heavy (non-hydrogen) atoms. The zero-order valence-electron chi connectivity index (χ0n) is 18.8. The van der Waals surface area contributed by atoms with Crippen LogP contribution in [0.3, 0.4) is 0 Å². The zero-order chi connectivity index (χ0) is 26.2. The summed E-state index contributed by atoms with van der Waals surface area (Å²) in [5.74, 6) is -4.22. The van der Waals surface area contributed by atoms with Crippen molar-refractivity contribution in [1.29, 1.82) is 0 Å². The van der Waals surface area contributed by atoms with Crippen LogP contribution in [0.2, 0.25) is 0 Å². The number of hydrogen-bond donors (Lipinski definition) is 6. The summed E-state index contributed by atoms with van der Waals surface area (Å²) >= 11 is 0. The third-order valence-electron chi connectivity index (χ3n) is 5.17. The number of carboxylic acid groups (broad SMARTS) is 2. The highest BCUT2D eigenvalue weighted by molar-refractivity contribution is 5.98. The molecule has 6 N–H and O–H groups in total. The van der Waals surface area contributed by atoms with Gasteiger partial charge in [0.15, 0.2) is 0 Å². The minimum Gasteiger partial charge on any atom is -0.508 e. The van der Waals surface area contributed by atoms with Gasteiger partial charge in [-0.25, -0.2) is 14.6 Å². The smallest absolute Gasteiger partial charge is 0.326 e. The minimum atomic E-state index is -1.30. The van der Waals surface area contributed by atoms with Gasteiger partial charge in [0.2, 0.25) is 0 Å². The molecule has 0 aliphatic heterocycles.